The van der Waals surface area contributed by atoms with Crippen molar-refractivity contribution < 1.29 is 17.9 Å². The van der Waals surface area contributed by atoms with Crippen LogP contribution in [0.5, 0.6) is 0 Å². The molecule has 0 fully saturated rings. The molecule has 0 amide bonds. The molecule has 0 unspecified atom stereocenters. The van der Waals surface area contributed by atoms with Crippen LogP contribution in [0, 0.1) is 0 Å². The molecule has 0 atom stereocenters. The molecule has 3 nitrogen and oxygen atoms in total. The van der Waals surface area contributed by atoms with Gasteiger partial charge < -0.3 is 4.74 Å². The first-order valence-corrected chi connectivity index (χ1v) is 11.9. The molecule has 0 saturated carbocycles. The summed E-state index contributed by atoms with van der Waals surface area (Å²) in [6.45, 7) is 7.55. The minimum absolute atomic E-state index is 0.145. The Hall–Kier alpha value is -0.573. The molecule has 0 aliphatic heterocycles. The van der Waals surface area contributed by atoms with Gasteiger partial charge in [-0.05, 0) is 28.0 Å². The molecule has 0 N–H and O–H groups in total. The minimum Gasteiger partial charge on any atom is -0.360 e. The Kier molecular flexibility index (Phi) is 5.50. The molecule has 9 heteroatoms. The normalized spacial score (nSPS) is 13.0. The summed E-state index contributed by atoms with van der Waals surface area (Å²) in [5.41, 5.74) is -0.688. The zero-order chi connectivity index (χ0) is 17.4. The fourth-order valence-electron chi connectivity index (χ4n) is 2.01. The van der Waals surface area contributed by atoms with Crippen LogP contribution in [0.15, 0.2) is 16.7 Å². The second-order valence-electron chi connectivity index (χ2n) is 6.50. The molecular weight excluding hydrogens is 413 g/mol. The Labute approximate surface area is 146 Å². The van der Waals surface area contributed by atoms with E-state index in [1.807, 2.05) is 0 Å². The Bertz CT molecular complexity index is 713. The van der Waals surface area contributed by atoms with Crippen LogP contribution in [-0.4, -0.2) is 24.5 Å². The van der Waals surface area contributed by atoms with Gasteiger partial charge in [-0.15, -0.1) is 0 Å². The van der Waals surface area contributed by atoms with Crippen LogP contribution in [-0.2, 0) is 17.6 Å². The predicted octanol–water partition coefficient (Wildman–Crippen LogP) is 5.78. The molecule has 128 valence electrons. The van der Waals surface area contributed by atoms with E-state index in [1.54, 1.807) is 6.20 Å². The topological polar surface area (TPSA) is 27.1 Å². The first kappa shape index (κ1) is 18.8. The number of benzene rings is 1. The lowest BCUT2D eigenvalue weighted by Gasteiger charge is -2.15. The van der Waals surface area contributed by atoms with E-state index in [0.29, 0.717) is 12.0 Å². The molecule has 2 rings (SSSR count). The molecule has 0 spiro atoms. The summed E-state index contributed by atoms with van der Waals surface area (Å²) in [5, 5.41) is 4.34. The number of hydrogen-bond donors (Lipinski definition) is 0. The maximum atomic E-state index is 13.0. The van der Waals surface area contributed by atoms with Crippen molar-refractivity contribution in [1.29, 1.82) is 0 Å². The molecule has 0 bridgehead atoms. The fourth-order valence-corrected chi connectivity index (χ4v) is 3.94. The lowest BCUT2D eigenvalue weighted by molar-refractivity contribution is -0.138. The first-order chi connectivity index (χ1) is 10.5. The van der Waals surface area contributed by atoms with E-state index in [-0.39, 0.29) is 21.7 Å². The number of rotatable bonds is 5. The summed E-state index contributed by atoms with van der Waals surface area (Å²) in [7, 11) is -1.18. The third kappa shape index (κ3) is 4.71. The van der Waals surface area contributed by atoms with E-state index < -0.39 is 19.8 Å². The summed E-state index contributed by atoms with van der Waals surface area (Å²) in [6, 6.07) is 2.29. The lowest BCUT2D eigenvalue weighted by Crippen LogP contribution is -2.22. The maximum absolute atomic E-state index is 13.0. The highest BCUT2D eigenvalue weighted by Crippen LogP contribution is 2.42. The van der Waals surface area contributed by atoms with Crippen molar-refractivity contribution in [3.8, 4) is 0 Å². The summed E-state index contributed by atoms with van der Waals surface area (Å²) < 4.78 is 46.0. The summed E-state index contributed by atoms with van der Waals surface area (Å²) in [5.74, 6) is 0. The summed E-state index contributed by atoms with van der Waals surface area (Å²) >= 11 is 8.74. The molecule has 0 aliphatic carbocycles. The smallest absolute Gasteiger partial charge is 0.360 e. The largest absolute Gasteiger partial charge is 0.419 e. The molecule has 1 aromatic carbocycles. The Morgan fingerprint density at radius 3 is 2.57 bits per heavy atom. The van der Waals surface area contributed by atoms with Crippen LogP contribution in [0.1, 0.15) is 5.56 Å². The molecular formula is C14H17BrClF3N2OSi. The van der Waals surface area contributed by atoms with Gasteiger partial charge in [-0.3, -0.25) is 0 Å². The van der Waals surface area contributed by atoms with Gasteiger partial charge in [-0.25, -0.2) is 4.68 Å². The summed E-state index contributed by atoms with van der Waals surface area (Å²) in [6.07, 6.45) is -2.91. The maximum Gasteiger partial charge on any atom is 0.419 e. The number of fused-ring (bicyclic) bond motifs is 1. The second kappa shape index (κ2) is 6.74. The van der Waals surface area contributed by atoms with Gasteiger partial charge in [0.15, 0.2) is 0 Å². The quantitative estimate of drug-likeness (QED) is 0.445. The number of ether oxygens (including phenoxy) is 1. The monoisotopic (exact) mass is 428 g/mol. The van der Waals surface area contributed by atoms with Gasteiger partial charge in [0.1, 0.15) is 12.2 Å². The Morgan fingerprint density at radius 2 is 2.00 bits per heavy atom. The van der Waals surface area contributed by atoms with Crippen molar-refractivity contribution >= 4 is 46.5 Å². The molecule has 0 radical (unpaired) electrons. The minimum atomic E-state index is -4.54. The van der Waals surface area contributed by atoms with Crippen molar-refractivity contribution in [2.24, 2.45) is 0 Å². The van der Waals surface area contributed by atoms with Gasteiger partial charge in [0.25, 0.3) is 0 Å². The number of alkyl halides is 3. The van der Waals surface area contributed by atoms with Crippen LogP contribution in [0.4, 0.5) is 13.2 Å². The van der Waals surface area contributed by atoms with E-state index in [4.69, 9.17) is 16.3 Å². The zero-order valence-corrected chi connectivity index (χ0v) is 16.3. The highest BCUT2D eigenvalue weighted by molar-refractivity contribution is 9.10. The van der Waals surface area contributed by atoms with E-state index in [0.717, 1.165) is 6.04 Å². The molecule has 2 aromatic rings. The molecule has 1 aromatic heterocycles. The van der Waals surface area contributed by atoms with Gasteiger partial charge in [0, 0.05) is 26.3 Å². The Morgan fingerprint density at radius 1 is 1.35 bits per heavy atom. The van der Waals surface area contributed by atoms with Crippen LogP contribution < -0.4 is 0 Å². The van der Waals surface area contributed by atoms with Crippen molar-refractivity contribution in [3.63, 3.8) is 0 Å². The fraction of sp³-hybridized carbons (Fsp3) is 0.500. The van der Waals surface area contributed by atoms with Crippen LogP contribution in [0.3, 0.4) is 0 Å². The number of nitrogens with zero attached hydrogens (tertiary/aromatic N) is 2. The average molecular weight is 430 g/mol. The van der Waals surface area contributed by atoms with E-state index in [2.05, 4.69) is 40.7 Å². The highest BCUT2D eigenvalue weighted by Gasteiger charge is 2.37. The van der Waals surface area contributed by atoms with Crippen molar-refractivity contribution in [2.45, 2.75) is 38.6 Å². The van der Waals surface area contributed by atoms with Crippen molar-refractivity contribution in [1.82, 2.24) is 9.78 Å². The van der Waals surface area contributed by atoms with Crippen LogP contribution in [0.2, 0.25) is 30.7 Å². The lowest BCUT2D eigenvalue weighted by atomic mass is 10.1. The molecule has 23 heavy (non-hydrogen) atoms. The van der Waals surface area contributed by atoms with Gasteiger partial charge in [0.05, 0.1) is 15.1 Å². The van der Waals surface area contributed by atoms with Gasteiger partial charge in [-0.1, -0.05) is 31.2 Å². The number of hydrogen-bond acceptors (Lipinski definition) is 2. The third-order valence-electron chi connectivity index (χ3n) is 3.24. The van der Waals surface area contributed by atoms with E-state index in [1.165, 1.54) is 10.7 Å². The van der Waals surface area contributed by atoms with Gasteiger partial charge in [-0.2, -0.15) is 18.3 Å². The predicted molar refractivity (Wildman–Crippen MR) is 91.6 cm³/mol. The van der Waals surface area contributed by atoms with Crippen molar-refractivity contribution in [2.75, 3.05) is 6.61 Å². The van der Waals surface area contributed by atoms with Crippen LogP contribution >= 0.6 is 27.5 Å². The zero-order valence-electron chi connectivity index (χ0n) is 13.0. The van der Waals surface area contributed by atoms with E-state index >= 15 is 0 Å². The average Bonchev–Trinajstić information content (AvgIpc) is 2.75. The molecule has 0 saturated heterocycles. The van der Waals surface area contributed by atoms with Crippen LogP contribution in [0.25, 0.3) is 10.9 Å². The molecule has 1 heterocycles. The third-order valence-corrected chi connectivity index (χ3v) is 6.02. The van der Waals surface area contributed by atoms with Gasteiger partial charge >= 0.3 is 6.18 Å². The standard InChI is InChI=1S/C14H17BrClF3N2OSi/c1-23(2,3)5-4-22-8-21-7-9-6-10(16)11(14(17,18)19)12(15)13(9)20-21/h6-7H,4-5,8H2,1-3H3. The van der Waals surface area contributed by atoms with E-state index in [9.17, 15) is 13.2 Å². The second-order valence-corrected chi connectivity index (χ2v) is 13.3. The van der Waals surface area contributed by atoms with Crippen molar-refractivity contribution in [3.05, 3.63) is 27.3 Å². The highest BCUT2D eigenvalue weighted by atomic mass is 79.9. The summed E-state index contributed by atoms with van der Waals surface area (Å²) in [4.78, 5) is 0. The number of aromatic nitrogens is 2. The Balaban J connectivity index is 2.21. The number of halogens is 5. The molecule has 0 aliphatic rings. The SMILES string of the molecule is C[Si](C)(C)CCOCn1cc2cc(Cl)c(C(F)(F)F)c(Br)c2n1. The first-order valence-electron chi connectivity index (χ1n) is 6.99. The van der Waals surface area contributed by atoms with Gasteiger partial charge in [0.2, 0.25) is 0 Å².